The number of fused-ring (bicyclic) bond motifs is 1. The SMILES string of the molecule is CCn1c(C(CN)c2ccccc2)nc2cnccc21. The fourth-order valence-electron chi connectivity index (χ4n) is 2.67. The maximum absolute atomic E-state index is 6.01. The van der Waals surface area contributed by atoms with Crippen molar-refractivity contribution < 1.29 is 0 Å². The molecular weight excluding hydrogens is 248 g/mol. The van der Waals surface area contributed by atoms with Crippen LogP contribution in [0.2, 0.25) is 0 Å². The zero-order valence-corrected chi connectivity index (χ0v) is 11.5. The number of benzene rings is 1. The number of imidazole rings is 1. The Hall–Kier alpha value is -2.20. The quantitative estimate of drug-likeness (QED) is 0.789. The molecule has 0 saturated heterocycles. The standard InChI is InChI=1S/C16H18N4/c1-2-20-15-8-9-18-11-14(15)19-16(20)13(10-17)12-6-4-3-5-7-12/h3-9,11,13H,2,10,17H2,1H3. The van der Waals surface area contributed by atoms with E-state index in [4.69, 9.17) is 10.7 Å². The van der Waals surface area contributed by atoms with Gasteiger partial charge in [0.2, 0.25) is 0 Å². The van der Waals surface area contributed by atoms with Gasteiger partial charge in [-0.1, -0.05) is 30.3 Å². The number of pyridine rings is 1. The van der Waals surface area contributed by atoms with E-state index in [1.54, 1.807) is 6.20 Å². The highest BCUT2D eigenvalue weighted by molar-refractivity contribution is 5.75. The minimum absolute atomic E-state index is 0.114. The summed E-state index contributed by atoms with van der Waals surface area (Å²) in [6, 6.07) is 12.3. The van der Waals surface area contributed by atoms with E-state index < -0.39 is 0 Å². The van der Waals surface area contributed by atoms with Gasteiger partial charge < -0.3 is 10.3 Å². The lowest BCUT2D eigenvalue weighted by Crippen LogP contribution is -2.18. The lowest BCUT2D eigenvalue weighted by molar-refractivity contribution is 0.660. The first-order chi connectivity index (χ1) is 9.85. The molecule has 0 aliphatic carbocycles. The van der Waals surface area contributed by atoms with Crippen LogP contribution >= 0.6 is 0 Å². The Bertz CT molecular complexity index is 703. The second-order valence-corrected chi connectivity index (χ2v) is 4.78. The minimum atomic E-state index is 0.114. The zero-order valence-electron chi connectivity index (χ0n) is 11.5. The number of nitrogens with zero attached hydrogens (tertiary/aromatic N) is 3. The van der Waals surface area contributed by atoms with E-state index in [0.717, 1.165) is 23.4 Å². The molecule has 20 heavy (non-hydrogen) atoms. The van der Waals surface area contributed by atoms with E-state index in [2.05, 4.69) is 28.6 Å². The van der Waals surface area contributed by atoms with Gasteiger partial charge in [0, 0.05) is 19.3 Å². The van der Waals surface area contributed by atoms with Crippen LogP contribution in [0, 0.1) is 0 Å². The summed E-state index contributed by atoms with van der Waals surface area (Å²) >= 11 is 0. The van der Waals surface area contributed by atoms with Crippen molar-refractivity contribution >= 4 is 11.0 Å². The average molecular weight is 266 g/mol. The van der Waals surface area contributed by atoms with Gasteiger partial charge in [-0.25, -0.2) is 4.98 Å². The third-order valence-corrected chi connectivity index (χ3v) is 3.65. The molecule has 3 rings (SSSR count). The molecule has 2 aromatic heterocycles. The van der Waals surface area contributed by atoms with Crippen LogP contribution in [0.1, 0.15) is 24.2 Å². The Balaban J connectivity index is 2.17. The van der Waals surface area contributed by atoms with Gasteiger partial charge in [-0.05, 0) is 18.6 Å². The van der Waals surface area contributed by atoms with Gasteiger partial charge in [0.1, 0.15) is 11.3 Å². The second kappa shape index (κ2) is 5.43. The summed E-state index contributed by atoms with van der Waals surface area (Å²) in [5, 5.41) is 0. The molecule has 2 heterocycles. The van der Waals surface area contributed by atoms with Crippen molar-refractivity contribution in [2.24, 2.45) is 5.73 Å². The zero-order chi connectivity index (χ0) is 13.9. The number of hydrogen-bond acceptors (Lipinski definition) is 3. The Morgan fingerprint density at radius 1 is 1.20 bits per heavy atom. The molecule has 0 amide bonds. The Labute approximate surface area is 118 Å². The van der Waals surface area contributed by atoms with Gasteiger partial charge in [-0.2, -0.15) is 0 Å². The van der Waals surface area contributed by atoms with Crippen LogP contribution in [0.4, 0.5) is 0 Å². The largest absolute Gasteiger partial charge is 0.329 e. The van der Waals surface area contributed by atoms with E-state index in [1.165, 1.54) is 5.56 Å². The molecule has 1 atom stereocenters. The number of rotatable bonds is 4. The van der Waals surface area contributed by atoms with Crippen molar-refractivity contribution in [3.63, 3.8) is 0 Å². The number of aryl methyl sites for hydroxylation is 1. The van der Waals surface area contributed by atoms with Crippen LogP contribution < -0.4 is 5.73 Å². The highest BCUT2D eigenvalue weighted by Crippen LogP contribution is 2.26. The molecule has 1 unspecified atom stereocenters. The number of hydrogen-bond donors (Lipinski definition) is 1. The second-order valence-electron chi connectivity index (χ2n) is 4.78. The summed E-state index contributed by atoms with van der Waals surface area (Å²) in [6.45, 7) is 3.55. The van der Waals surface area contributed by atoms with E-state index in [0.29, 0.717) is 6.54 Å². The molecule has 2 N–H and O–H groups in total. The van der Waals surface area contributed by atoms with E-state index in [1.807, 2.05) is 30.5 Å². The van der Waals surface area contributed by atoms with Gasteiger partial charge in [-0.3, -0.25) is 4.98 Å². The van der Waals surface area contributed by atoms with Crippen LogP contribution in [0.25, 0.3) is 11.0 Å². The molecule has 0 saturated carbocycles. The topological polar surface area (TPSA) is 56.7 Å². The normalized spacial score (nSPS) is 12.7. The van der Waals surface area contributed by atoms with Crippen molar-refractivity contribution in [1.29, 1.82) is 0 Å². The monoisotopic (exact) mass is 266 g/mol. The van der Waals surface area contributed by atoms with Gasteiger partial charge in [-0.15, -0.1) is 0 Å². The molecule has 102 valence electrons. The molecule has 4 nitrogen and oxygen atoms in total. The fourth-order valence-corrected chi connectivity index (χ4v) is 2.67. The first kappa shape index (κ1) is 12.8. The van der Waals surface area contributed by atoms with Crippen molar-refractivity contribution in [1.82, 2.24) is 14.5 Å². The van der Waals surface area contributed by atoms with Crippen LogP contribution in [0.5, 0.6) is 0 Å². The smallest absolute Gasteiger partial charge is 0.118 e. The third kappa shape index (κ3) is 2.08. The Morgan fingerprint density at radius 2 is 2.00 bits per heavy atom. The van der Waals surface area contributed by atoms with Gasteiger partial charge in [0.05, 0.1) is 17.6 Å². The summed E-state index contributed by atoms with van der Waals surface area (Å²) in [6.07, 6.45) is 3.61. The van der Waals surface area contributed by atoms with Crippen molar-refractivity contribution in [3.05, 3.63) is 60.2 Å². The summed E-state index contributed by atoms with van der Waals surface area (Å²) in [5.41, 5.74) is 9.26. The minimum Gasteiger partial charge on any atom is -0.329 e. The third-order valence-electron chi connectivity index (χ3n) is 3.65. The molecule has 0 aliphatic rings. The fraction of sp³-hybridized carbons (Fsp3) is 0.250. The first-order valence-corrected chi connectivity index (χ1v) is 6.90. The predicted molar refractivity (Wildman–Crippen MR) is 80.5 cm³/mol. The number of nitrogens with two attached hydrogens (primary N) is 1. The maximum atomic E-state index is 6.01. The van der Waals surface area contributed by atoms with E-state index in [-0.39, 0.29) is 5.92 Å². The van der Waals surface area contributed by atoms with Crippen molar-refractivity contribution in [2.45, 2.75) is 19.4 Å². The van der Waals surface area contributed by atoms with E-state index >= 15 is 0 Å². The highest BCUT2D eigenvalue weighted by atomic mass is 15.1. The predicted octanol–water partition coefficient (Wildman–Crippen LogP) is 2.54. The first-order valence-electron chi connectivity index (χ1n) is 6.90. The molecule has 0 bridgehead atoms. The molecule has 3 aromatic rings. The average Bonchev–Trinajstić information content (AvgIpc) is 2.87. The van der Waals surface area contributed by atoms with Gasteiger partial charge in [0.15, 0.2) is 0 Å². The molecule has 0 radical (unpaired) electrons. The molecule has 1 aromatic carbocycles. The van der Waals surface area contributed by atoms with Gasteiger partial charge in [0.25, 0.3) is 0 Å². The van der Waals surface area contributed by atoms with Crippen molar-refractivity contribution in [2.75, 3.05) is 6.54 Å². The molecule has 0 aliphatic heterocycles. The van der Waals surface area contributed by atoms with Crippen LogP contribution in [-0.2, 0) is 6.54 Å². The lowest BCUT2D eigenvalue weighted by atomic mass is 9.98. The molecule has 4 heteroatoms. The van der Waals surface area contributed by atoms with E-state index in [9.17, 15) is 0 Å². The lowest BCUT2D eigenvalue weighted by Gasteiger charge is -2.16. The highest BCUT2D eigenvalue weighted by Gasteiger charge is 2.20. The molecule has 0 fully saturated rings. The summed E-state index contributed by atoms with van der Waals surface area (Å²) in [7, 11) is 0. The summed E-state index contributed by atoms with van der Waals surface area (Å²) < 4.78 is 2.22. The van der Waals surface area contributed by atoms with Crippen LogP contribution in [0.15, 0.2) is 48.8 Å². The molecular formula is C16H18N4. The molecule has 0 spiro atoms. The summed E-state index contributed by atoms with van der Waals surface area (Å²) in [5.74, 6) is 1.13. The van der Waals surface area contributed by atoms with Crippen molar-refractivity contribution in [3.8, 4) is 0 Å². The maximum Gasteiger partial charge on any atom is 0.118 e. The van der Waals surface area contributed by atoms with Gasteiger partial charge >= 0.3 is 0 Å². The Morgan fingerprint density at radius 3 is 2.70 bits per heavy atom. The Kier molecular flexibility index (Phi) is 3.48. The summed E-state index contributed by atoms with van der Waals surface area (Å²) in [4.78, 5) is 8.90. The van der Waals surface area contributed by atoms with Crippen LogP contribution in [0.3, 0.4) is 0 Å². The van der Waals surface area contributed by atoms with Crippen LogP contribution in [-0.4, -0.2) is 21.1 Å². The number of aromatic nitrogens is 3.